The lowest BCUT2D eigenvalue weighted by Gasteiger charge is -2.11. The average Bonchev–Trinajstić information content (AvgIpc) is 2.75. The van der Waals surface area contributed by atoms with Crippen molar-refractivity contribution in [3.8, 4) is 0 Å². The van der Waals surface area contributed by atoms with Crippen LogP contribution >= 0.6 is 0 Å². The normalized spacial score (nSPS) is 14.0. The zero-order valence-corrected chi connectivity index (χ0v) is 12.7. The van der Waals surface area contributed by atoms with E-state index in [9.17, 15) is 9.59 Å². The fourth-order valence-corrected chi connectivity index (χ4v) is 2.77. The Morgan fingerprint density at radius 1 is 0.864 bits per heavy atom. The number of rotatable bonds is 3. The van der Waals surface area contributed by atoms with E-state index in [0.717, 1.165) is 5.56 Å². The molecule has 0 saturated carbocycles. The van der Waals surface area contributed by atoms with Crippen LogP contribution in [0.15, 0.2) is 48.5 Å². The third-order valence-corrected chi connectivity index (χ3v) is 3.99. The van der Waals surface area contributed by atoms with Crippen LogP contribution in [-0.2, 0) is 0 Å². The first-order valence-electron chi connectivity index (χ1n) is 7.27. The summed E-state index contributed by atoms with van der Waals surface area (Å²) in [7, 11) is 0. The van der Waals surface area contributed by atoms with E-state index in [0.29, 0.717) is 17.7 Å². The number of aryl methyl sites for hydroxylation is 2. The van der Waals surface area contributed by atoms with Gasteiger partial charge < -0.3 is 0 Å². The van der Waals surface area contributed by atoms with Crippen LogP contribution < -0.4 is 0 Å². The fraction of sp³-hybridized carbons (Fsp3) is 0.158. The van der Waals surface area contributed by atoms with Gasteiger partial charge in [0.1, 0.15) is 0 Å². The number of carbonyl (C=O) groups excluding carboxylic acids is 2. The van der Waals surface area contributed by atoms with Gasteiger partial charge in [-0.3, -0.25) is 14.5 Å². The molecule has 110 valence electrons. The Bertz CT molecular complexity index is 735. The molecule has 0 atom stereocenters. The van der Waals surface area contributed by atoms with Gasteiger partial charge in [-0.15, -0.1) is 0 Å². The van der Waals surface area contributed by atoms with Crippen molar-refractivity contribution in [1.82, 2.24) is 4.90 Å². The van der Waals surface area contributed by atoms with Crippen LogP contribution in [0.2, 0.25) is 0 Å². The number of nitrogens with zero attached hydrogens (tertiary/aromatic N) is 1. The largest absolute Gasteiger partial charge is 0.270 e. The third kappa shape index (κ3) is 2.35. The maximum Gasteiger partial charge on any atom is 0.261 e. The summed E-state index contributed by atoms with van der Waals surface area (Å²) in [6, 6.07) is 13.1. The molecule has 0 saturated heterocycles. The Morgan fingerprint density at radius 3 is 1.95 bits per heavy atom. The molecular formula is C19H17NO2. The molecule has 0 fully saturated rings. The van der Waals surface area contributed by atoms with Gasteiger partial charge >= 0.3 is 0 Å². The maximum atomic E-state index is 12.3. The summed E-state index contributed by atoms with van der Waals surface area (Å²) >= 11 is 0. The highest BCUT2D eigenvalue weighted by Gasteiger charge is 2.34. The first-order chi connectivity index (χ1) is 10.6. The van der Waals surface area contributed by atoms with E-state index in [1.807, 2.05) is 18.2 Å². The number of imide groups is 1. The molecule has 0 bridgehead atoms. The molecule has 2 amide bonds. The minimum atomic E-state index is -0.216. The van der Waals surface area contributed by atoms with Crippen LogP contribution in [0.3, 0.4) is 0 Å². The van der Waals surface area contributed by atoms with Gasteiger partial charge in [0, 0.05) is 6.54 Å². The Kier molecular flexibility index (Phi) is 3.63. The molecule has 1 aliphatic heterocycles. The average molecular weight is 291 g/mol. The molecule has 3 nitrogen and oxygen atoms in total. The summed E-state index contributed by atoms with van der Waals surface area (Å²) in [6.07, 6.45) is 3.85. The van der Waals surface area contributed by atoms with E-state index in [4.69, 9.17) is 0 Å². The summed E-state index contributed by atoms with van der Waals surface area (Å²) < 4.78 is 0. The lowest BCUT2D eigenvalue weighted by atomic mass is 10.0. The third-order valence-electron chi connectivity index (χ3n) is 3.99. The highest BCUT2D eigenvalue weighted by atomic mass is 16.2. The van der Waals surface area contributed by atoms with Gasteiger partial charge in [0.15, 0.2) is 0 Å². The van der Waals surface area contributed by atoms with E-state index in [1.54, 1.807) is 24.3 Å². The zero-order chi connectivity index (χ0) is 15.7. The number of carbonyl (C=O) groups is 2. The van der Waals surface area contributed by atoms with Crippen molar-refractivity contribution < 1.29 is 9.59 Å². The van der Waals surface area contributed by atoms with Crippen molar-refractivity contribution in [1.29, 1.82) is 0 Å². The summed E-state index contributed by atoms with van der Waals surface area (Å²) in [4.78, 5) is 25.8. The number of fused-ring (bicyclic) bond motifs is 1. The van der Waals surface area contributed by atoms with Crippen LogP contribution in [0, 0.1) is 13.8 Å². The van der Waals surface area contributed by atoms with Crippen LogP contribution in [0.25, 0.3) is 6.08 Å². The predicted octanol–water partition coefficient (Wildman–Crippen LogP) is 3.61. The number of amides is 2. The lowest BCUT2D eigenvalue weighted by Crippen LogP contribution is -2.29. The minimum Gasteiger partial charge on any atom is -0.270 e. The van der Waals surface area contributed by atoms with Crippen LogP contribution in [0.5, 0.6) is 0 Å². The van der Waals surface area contributed by atoms with E-state index < -0.39 is 0 Å². The fourth-order valence-electron chi connectivity index (χ4n) is 2.77. The minimum absolute atomic E-state index is 0.216. The first kappa shape index (κ1) is 14.3. The molecule has 1 heterocycles. The molecule has 0 N–H and O–H groups in total. The second-order valence-electron chi connectivity index (χ2n) is 5.47. The molecule has 0 unspecified atom stereocenters. The van der Waals surface area contributed by atoms with Crippen molar-refractivity contribution >= 4 is 17.9 Å². The van der Waals surface area contributed by atoms with Gasteiger partial charge in [-0.1, -0.05) is 42.5 Å². The molecule has 0 spiro atoms. The summed E-state index contributed by atoms with van der Waals surface area (Å²) in [6.45, 7) is 4.39. The van der Waals surface area contributed by atoms with Gasteiger partial charge in [0.05, 0.1) is 11.1 Å². The molecule has 22 heavy (non-hydrogen) atoms. The van der Waals surface area contributed by atoms with E-state index >= 15 is 0 Å². The first-order valence-corrected chi connectivity index (χ1v) is 7.27. The number of hydrogen-bond donors (Lipinski definition) is 0. The summed E-state index contributed by atoms with van der Waals surface area (Å²) in [5, 5.41) is 0. The Morgan fingerprint density at radius 2 is 1.41 bits per heavy atom. The molecule has 0 aliphatic carbocycles. The molecule has 1 aliphatic rings. The number of hydrogen-bond acceptors (Lipinski definition) is 2. The summed E-state index contributed by atoms with van der Waals surface area (Å²) in [5.74, 6) is -0.432. The van der Waals surface area contributed by atoms with E-state index in [1.165, 1.54) is 16.0 Å². The highest BCUT2D eigenvalue weighted by Crippen LogP contribution is 2.22. The standard InChI is InChI=1S/C19H17NO2/c1-13-7-5-8-14(2)15(13)11-6-12-20-18(21)16-9-3-4-10-17(16)19(20)22/h3-11H,12H2,1-2H3/b11-6+. The van der Waals surface area contributed by atoms with Gasteiger partial charge in [-0.2, -0.15) is 0 Å². The molecule has 2 aromatic carbocycles. The Balaban J connectivity index is 1.80. The lowest BCUT2D eigenvalue weighted by molar-refractivity contribution is 0.0672. The molecule has 0 radical (unpaired) electrons. The van der Waals surface area contributed by atoms with Crippen molar-refractivity contribution in [3.63, 3.8) is 0 Å². The van der Waals surface area contributed by atoms with E-state index in [-0.39, 0.29) is 11.8 Å². The molecule has 3 rings (SSSR count). The highest BCUT2D eigenvalue weighted by molar-refractivity contribution is 6.21. The molecule has 2 aromatic rings. The SMILES string of the molecule is Cc1cccc(C)c1/C=C/CN1C(=O)c2ccccc2C1=O. The van der Waals surface area contributed by atoms with Crippen molar-refractivity contribution in [2.45, 2.75) is 13.8 Å². The maximum absolute atomic E-state index is 12.3. The Labute approximate surface area is 129 Å². The molecular weight excluding hydrogens is 274 g/mol. The van der Waals surface area contributed by atoms with Gasteiger partial charge in [-0.25, -0.2) is 0 Å². The molecule has 0 aromatic heterocycles. The topological polar surface area (TPSA) is 37.4 Å². The summed E-state index contributed by atoms with van der Waals surface area (Å²) in [5.41, 5.74) is 4.48. The quantitative estimate of drug-likeness (QED) is 0.810. The van der Waals surface area contributed by atoms with Crippen LogP contribution in [0.4, 0.5) is 0 Å². The smallest absolute Gasteiger partial charge is 0.261 e. The van der Waals surface area contributed by atoms with E-state index in [2.05, 4.69) is 26.0 Å². The van der Waals surface area contributed by atoms with Crippen molar-refractivity contribution in [2.24, 2.45) is 0 Å². The zero-order valence-electron chi connectivity index (χ0n) is 12.7. The van der Waals surface area contributed by atoms with Gasteiger partial charge in [0.2, 0.25) is 0 Å². The second-order valence-corrected chi connectivity index (χ2v) is 5.47. The van der Waals surface area contributed by atoms with Crippen LogP contribution in [0.1, 0.15) is 37.4 Å². The predicted molar refractivity (Wildman–Crippen MR) is 86.8 cm³/mol. The van der Waals surface area contributed by atoms with Crippen molar-refractivity contribution in [3.05, 3.63) is 76.4 Å². The monoisotopic (exact) mass is 291 g/mol. The van der Waals surface area contributed by atoms with Gasteiger partial charge in [0.25, 0.3) is 11.8 Å². The van der Waals surface area contributed by atoms with Gasteiger partial charge in [-0.05, 0) is 42.7 Å². The number of benzene rings is 2. The van der Waals surface area contributed by atoms with Crippen molar-refractivity contribution in [2.75, 3.05) is 6.54 Å². The Hall–Kier alpha value is -2.68. The molecule has 3 heteroatoms. The van der Waals surface area contributed by atoms with Crippen LogP contribution in [-0.4, -0.2) is 23.3 Å². The second kappa shape index (κ2) is 5.60.